The SMILES string of the molecule is CC(C)c1ccnc(-c2nsc(Cc3cc(C(F)(F)F)ccn3)n2)c1. The van der Waals surface area contributed by atoms with Gasteiger partial charge < -0.3 is 0 Å². The molecule has 0 fully saturated rings. The van der Waals surface area contributed by atoms with Gasteiger partial charge in [-0.3, -0.25) is 9.97 Å². The largest absolute Gasteiger partial charge is 0.416 e. The van der Waals surface area contributed by atoms with E-state index in [1.807, 2.05) is 12.1 Å². The van der Waals surface area contributed by atoms with Crippen molar-refractivity contribution >= 4 is 11.5 Å². The Kier molecular flexibility index (Phi) is 4.80. The molecule has 25 heavy (non-hydrogen) atoms. The van der Waals surface area contributed by atoms with Gasteiger partial charge in [0.15, 0.2) is 5.82 Å². The number of alkyl halides is 3. The lowest BCUT2D eigenvalue weighted by molar-refractivity contribution is -0.137. The number of hydrogen-bond acceptors (Lipinski definition) is 5. The maximum absolute atomic E-state index is 12.8. The highest BCUT2D eigenvalue weighted by Gasteiger charge is 2.30. The van der Waals surface area contributed by atoms with Gasteiger partial charge in [-0.25, -0.2) is 4.98 Å². The first kappa shape index (κ1) is 17.5. The van der Waals surface area contributed by atoms with Crippen LogP contribution in [0.1, 0.15) is 41.6 Å². The molecule has 0 aromatic carbocycles. The zero-order valence-electron chi connectivity index (χ0n) is 13.6. The molecule has 0 saturated heterocycles. The van der Waals surface area contributed by atoms with Gasteiger partial charge in [0, 0.05) is 24.5 Å². The van der Waals surface area contributed by atoms with Crippen molar-refractivity contribution in [2.45, 2.75) is 32.4 Å². The Morgan fingerprint density at radius 1 is 1.08 bits per heavy atom. The second kappa shape index (κ2) is 6.87. The van der Waals surface area contributed by atoms with E-state index in [2.05, 4.69) is 33.2 Å². The lowest BCUT2D eigenvalue weighted by Gasteiger charge is -2.07. The van der Waals surface area contributed by atoms with E-state index in [0.717, 1.165) is 35.4 Å². The Hall–Kier alpha value is -2.35. The summed E-state index contributed by atoms with van der Waals surface area (Å²) in [6.45, 7) is 4.16. The molecule has 0 aliphatic heterocycles. The van der Waals surface area contributed by atoms with Gasteiger partial charge in [-0.15, -0.1) is 0 Å². The Labute approximate surface area is 147 Å². The molecule has 0 amide bonds. The number of rotatable bonds is 4. The van der Waals surface area contributed by atoms with Crippen LogP contribution < -0.4 is 0 Å². The molecule has 3 heterocycles. The van der Waals surface area contributed by atoms with E-state index in [0.29, 0.717) is 28.1 Å². The first-order valence-corrected chi connectivity index (χ1v) is 8.41. The van der Waals surface area contributed by atoms with Crippen molar-refractivity contribution < 1.29 is 13.2 Å². The first-order chi connectivity index (χ1) is 11.8. The summed E-state index contributed by atoms with van der Waals surface area (Å²) in [7, 11) is 0. The highest BCUT2D eigenvalue weighted by Crippen LogP contribution is 2.29. The van der Waals surface area contributed by atoms with Crippen LogP contribution in [0.3, 0.4) is 0 Å². The molecule has 0 bridgehead atoms. The van der Waals surface area contributed by atoms with Crippen LogP contribution in [-0.2, 0) is 12.6 Å². The maximum Gasteiger partial charge on any atom is 0.416 e. The smallest absolute Gasteiger partial charge is 0.261 e. The van der Waals surface area contributed by atoms with E-state index in [-0.39, 0.29) is 6.42 Å². The van der Waals surface area contributed by atoms with Gasteiger partial charge in [0.25, 0.3) is 0 Å². The molecule has 0 aliphatic carbocycles. The molecule has 0 radical (unpaired) electrons. The fourth-order valence-electron chi connectivity index (χ4n) is 2.27. The second-order valence-electron chi connectivity index (χ2n) is 5.85. The van der Waals surface area contributed by atoms with Gasteiger partial charge in [0.1, 0.15) is 10.7 Å². The molecule has 3 aromatic heterocycles. The molecule has 4 nitrogen and oxygen atoms in total. The molecule has 0 unspecified atom stereocenters. The lowest BCUT2D eigenvalue weighted by Crippen LogP contribution is -2.06. The van der Waals surface area contributed by atoms with Gasteiger partial charge >= 0.3 is 6.18 Å². The summed E-state index contributed by atoms with van der Waals surface area (Å²) in [4.78, 5) is 12.7. The standard InChI is InChI=1S/C17H15F3N4S/c1-10(2)11-3-5-22-14(7-11)16-23-15(25-24-16)9-13-8-12(4-6-21-13)17(18,19)20/h3-8,10H,9H2,1-2H3. The number of halogens is 3. The predicted molar refractivity (Wildman–Crippen MR) is 89.3 cm³/mol. The zero-order chi connectivity index (χ0) is 18.0. The Bertz CT molecular complexity index is 874. The minimum atomic E-state index is -4.38. The number of aromatic nitrogens is 4. The van der Waals surface area contributed by atoms with Crippen LogP contribution in [0.25, 0.3) is 11.5 Å². The summed E-state index contributed by atoms with van der Waals surface area (Å²) >= 11 is 1.14. The molecule has 3 aromatic rings. The molecular weight excluding hydrogens is 349 g/mol. The Balaban J connectivity index is 1.82. The van der Waals surface area contributed by atoms with E-state index < -0.39 is 11.7 Å². The molecule has 0 saturated carbocycles. The van der Waals surface area contributed by atoms with Crippen molar-refractivity contribution in [2.75, 3.05) is 0 Å². The summed E-state index contributed by atoms with van der Waals surface area (Å²) in [5.74, 6) is 0.837. The summed E-state index contributed by atoms with van der Waals surface area (Å²) in [6, 6.07) is 5.86. The molecular formula is C17H15F3N4S. The number of nitrogens with zero attached hydrogens (tertiary/aromatic N) is 4. The van der Waals surface area contributed by atoms with Gasteiger partial charge in [-0.2, -0.15) is 17.5 Å². The van der Waals surface area contributed by atoms with Crippen LogP contribution in [0.4, 0.5) is 13.2 Å². The van der Waals surface area contributed by atoms with E-state index in [1.165, 1.54) is 0 Å². The van der Waals surface area contributed by atoms with Crippen LogP contribution in [-0.4, -0.2) is 19.3 Å². The summed E-state index contributed by atoms with van der Waals surface area (Å²) in [5.41, 5.74) is 1.38. The quantitative estimate of drug-likeness (QED) is 0.672. The lowest BCUT2D eigenvalue weighted by atomic mass is 10.0. The van der Waals surface area contributed by atoms with Crippen LogP contribution in [0, 0.1) is 0 Å². The number of hydrogen-bond donors (Lipinski definition) is 0. The average Bonchev–Trinajstić information content (AvgIpc) is 3.03. The third-order valence-corrected chi connectivity index (χ3v) is 4.33. The molecule has 0 aliphatic rings. The summed E-state index contributed by atoms with van der Waals surface area (Å²) in [6.07, 6.45) is -1.32. The van der Waals surface area contributed by atoms with Gasteiger partial charge in [0.05, 0.1) is 5.56 Å². The third kappa shape index (κ3) is 4.19. The monoisotopic (exact) mass is 364 g/mol. The van der Waals surface area contributed by atoms with Crippen molar-refractivity contribution in [1.82, 2.24) is 19.3 Å². The van der Waals surface area contributed by atoms with Crippen LogP contribution in [0.2, 0.25) is 0 Å². The molecule has 130 valence electrons. The molecule has 8 heteroatoms. The molecule has 3 rings (SSSR count). The van der Waals surface area contributed by atoms with Crippen LogP contribution >= 0.6 is 11.5 Å². The minimum absolute atomic E-state index is 0.200. The fourth-order valence-corrected chi connectivity index (χ4v) is 2.93. The van der Waals surface area contributed by atoms with Crippen LogP contribution in [0.5, 0.6) is 0 Å². The van der Waals surface area contributed by atoms with E-state index >= 15 is 0 Å². The van der Waals surface area contributed by atoms with Gasteiger partial charge in [0.2, 0.25) is 0 Å². The average molecular weight is 364 g/mol. The normalized spacial score (nSPS) is 11.9. The summed E-state index contributed by atoms with van der Waals surface area (Å²) < 4.78 is 42.6. The van der Waals surface area contributed by atoms with E-state index in [9.17, 15) is 13.2 Å². The molecule has 0 N–H and O–H groups in total. The minimum Gasteiger partial charge on any atom is -0.261 e. The highest BCUT2D eigenvalue weighted by molar-refractivity contribution is 7.05. The fraction of sp³-hybridized carbons (Fsp3) is 0.294. The summed E-state index contributed by atoms with van der Waals surface area (Å²) in [5, 5.41) is 0.596. The first-order valence-electron chi connectivity index (χ1n) is 7.64. The van der Waals surface area contributed by atoms with Crippen molar-refractivity contribution in [1.29, 1.82) is 0 Å². The highest BCUT2D eigenvalue weighted by atomic mass is 32.1. The van der Waals surface area contributed by atoms with Crippen molar-refractivity contribution in [3.63, 3.8) is 0 Å². The van der Waals surface area contributed by atoms with Crippen molar-refractivity contribution in [3.8, 4) is 11.5 Å². The maximum atomic E-state index is 12.8. The van der Waals surface area contributed by atoms with Crippen LogP contribution in [0.15, 0.2) is 36.7 Å². The zero-order valence-corrected chi connectivity index (χ0v) is 14.4. The number of pyridine rings is 2. The molecule has 0 spiro atoms. The second-order valence-corrected chi connectivity index (χ2v) is 6.69. The Morgan fingerprint density at radius 3 is 2.56 bits per heavy atom. The van der Waals surface area contributed by atoms with Crippen molar-refractivity contribution in [3.05, 3.63) is 58.5 Å². The predicted octanol–water partition coefficient (Wildman–Crippen LogP) is 4.73. The van der Waals surface area contributed by atoms with E-state index in [1.54, 1.807) is 6.20 Å². The Morgan fingerprint density at radius 2 is 1.84 bits per heavy atom. The molecule has 0 atom stereocenters. The third-order valence-electron chi connectivity index (χ3n) is 3.62. The van der Waals surface area contributed by atoms with E-state index in [4.69, 9.17) is 0 Å². The van der Waals surface area contributed by atoms with Gasteiger partial charge in [-0.1, -0.05) is 13.8 Å². The van der Waals surface area contributed by atoms with Crippen molar-refractivity contribution in [2.24, 2.45) is 0 Å². The van der Waals surface area contributed by atoms with Gasteiger partial charge in [-0.05, 0) is 47.3 Å². The topological polar surface area (TPSA) is 51.6 Å².